The quantitative estimate of drug-likeness (QED) is 0.837. The van der Waals surface area contributed by atoms with E-state index in [0.717, 1.165) is 12.3 Å². The lowest BCUT2D eigenvalue weighted by atomic mass is 9.91. The molecular formula is C15H21NO2. The molecule has 1 aromatic carbocycles. The topological polar surface area (TPSA) is 38.3 Å². The van der Waals surface area contributed by atoms with Crippen molar-refractivity contribution < 1.29 is 9.53 Å². The van der Waals surface area contributed by atoms with Crippen molar-refractivity contribution in [3.05, 3.63) is 35.9 Å². The minimum Gasteiger partial charge on any atom is -0.450 e. The van der Waals surface area contributed by atoms with Crippen molar-refractivity contribution in [2.75, 3.05) is 13.2 Å². The smallest absolute Gasteiger partial charge is 0.407 e. The van der Waals surface area contributed by atoms with Crippen LogP contribution in [0.3, 0.4) is 0 Å². The molecule has 1 atom stereocenters. The van der Waals surface area contributed by atoms with E-state index in [0.29, 0.717) is 19.1 Å². The second-order valence-electron chi connectivity index (χ2n) is 4.79. The number of benzene rings is 1. The molecular weight excluding hydrogens is 226 g/mol. The molecule has 1 fully saturated rings. The van der Waals surface area contributed by atoms with E-state index < -0.39 is 0 Å². The fourth-order valence-electron chi connectivity index (χ4n) is 2.39. The fraction of sp³-hybridized carbons (Fsp3) is 0.533. The van der Waals surface area contributed by atoms with Crippen molar-refractivity contribution in [1.29, 1.82) is 0 Å². The minimum atomic E-state index is -0.305. The summed E-state index contributed by atoms with van der Waals surface area (Å²) in [4.78, 5) is 11.2. The Morgan fingerprint density at radius 3 is 2.72 bits per heavy atom. The van der Waals surface area contributed by atoms with Crippen molar-refractivity contribution in [3.63, 3.8) is 0 Å². The average molecular weight is 247 g/mol. The molecule has 3 heteroatoms. The van der Waals surface area contributed by atoms with Crippen LogP contribution in [0.5, 0.6) is 0 Å². The maximum absolute atomic E-state index is 11.2. The van der Waals surface area contributed by atoms with E-state index in [-0.39, 0.29) is 6.09 Å². The van der Waals surface area contributed by atoms with Crippen molar-refractivity contribution in [2.45, 2.75) is 32.1 Å². The van der Waals surface area contributed by atoms with E-state index in [1.165, 1.54) is 18.4 Å². The summed E-state index contributed by atoms with van der Waals surface area (Å²) in [5, 5.41) is 2.81. The molecule has 1 amide bonds. The Hall–Kier alpha value is -1.51. The third kappa shape index (κ3) is 3.76. The van der Waals surface area contributed by atoms with Gasteiger partial charge in [0.1, 0.15) is 0 Å². The van der Waals surface area contributed by atoms with Crippen LogP contribution in [0.4, 0.5) is 4.79 Å². The van der Waals surface area contributed by atoms with Gasteiger partial charge in [-0.3, -0.25) is 0 Å². The molecule has 0 heterocycles. The first-order chi connectivity index (χ1) is 8.81. The van der Waals surface area contributed by atoms with E-state index in [1.807, 2.05) is 13.0 Å². The summed E-state index contributed by atoms with van der Waals surface area (Å²) in [6, 6.07) is 10.6. The molecule has 0 aliphatic heterocycles. The van der Waals surface area contributed by atoms with Crippen LogP contribution in [0.15, 0.2) is 30.3 Å². The molecule has 0 saturated heterocycles. The molecule has 1 aliphatic carbocycles. The summed E-state index contributed by atoms with van der Waals surface area (Å²) in [6.07, 6.45) is 3.32. The van der Waals surface area contributed by atoms with Crippen LogP contribution in [0.25, 0.3) is 0 Å². The molecule has 0 bridgehead atoms. The highest BCUT2D eigenvalue weighted by atomic mass is 16.5. The highest BCUT2D eigenvalue weighted by Gasteiger charge is 2.31. The first-order valence-corrected chi connectivity index (χ1v) is 6.77. The maximum atomic E-state index is 11.2. The fourth-order valence-corrected chi connectivity index (χ4v) is 2.39. The lowest BCUT2D eigenvalue weighted by molar-refractivity contribution is 0.152. The number of carbonyl (C=O) groups excluding carboxylic acids is 1. The molecule has 1 aliphatic rings. The summed E-state index contributed by atoms with van der Waals surface area (Å²) in [7, 11) is 0. The van der Waals surface area contributed by atoms with E-state index in [1.54, 1.807) is 0 Å². The molecule has 0 radical (unpaired) electrons. The summed E-state index contributed by atoms with van der Waals surface area (Å²) in [5.74, 6) is 1.38. The molecule has 18 heavy (non-hydrogen) atoms. The van der Waals surface area contributed by atoms with Gasteiger partial charge in [0.2, 0.25) is 0 Å². The third-order valence-corrected chi connectivity index (χ3v) is 3.42. The predicted octanol–water partition coefficient (Wildman–Crippen LogP) is 3.32. The highest BCUT2D eigenvalue weighted by molar-refractivity contribution is 5.66. The van der Waals surface area contributed by atoms with E-state index >= 15 is 0 Å². The van der Waals surface area contributed by atoms with E-state index in [2.05, 4.69) is 29.6 Å². The Morgan fingerprint density at radius 2 is 2.11 bits per heavy atom. The van der Waals surface area contributed by atoms with Crippen molar-refractivity contribution >= 4 is 6.09 Å². The maximum Gasteiger partial charge on any atom is 0.407 e. The Morgan fingerprint density at radius 1 is 1.39 bits per heavy atom. The normalized spacial score (nSPS) is 16.1. The highest BCUT2D eigenvalue weighted by Crippen LogP contribution is 2.44. The third-order valence-electron chi connectivity index (χ3n) is 3.42. The number of hydrogen-bond acceptors (Lipinski definition) is 2. The van der Waals surface area contributed by atoms with Gasteiger partial charge in [-0.25, -0.2) is 4.79 Å². The number of ether oxygens (including phenoxy) is 1. The first-order valence-electron chi connectivity index (χ1n) is 6.77. The Labute approximate surface area is 109 Å². The second kappa shape index (κ2) is 6.43. The van der Waals surface area contributed by atoms with Crippen LogP contribution in [-0.2, 0) is 4.74 Å². The minimum absolute atomic E-state index is 0.305. The number of hydrogen-bond donors (Lipinski definition) is 1. The number of nitrogens with one attached hydrogen (secondary N) is 1. The summed E-state index contributed by atoms with van der Waals surface area (Å²) in [5.41, 5.74) is 1.39. The van der Waals surface area contributed by atoms with Crippen LogP contribution in [0.2, 0.25) is 0 Å². The molecule has 1 aromatic rings. The Balaban J connectivity index is 1.83. The van der Waals surface area contributed by atoms with E-state index in [9.17, 15) is 4.79 Å². The number of alkyl carbamates (subject to hydrolysis) is 1. The SMILES string of the molecule is CCOC(=O)NCCC(c1ccccc1)C1CC1. The van der Waals surface area contributed by atoms with Gasteiger partial charge in [-0.15, -0.1) is 0 Å². The lowest BCUT2D eigenvalue weighted by Crippen LogP contribution is -2.26. The number of carbonyl (C=O) groups is 1. The monoisotopic (exact) mass is 247 g/mol. The number of rotatable bonds is 6. The summed E-state index contributed by atoms with van der Waals surface area (Å²) >= 11 is 0. The molecule has 0 spiro atoms. The van der Waals surface area contributed by atoms with Gasteiger partial charge in [0.05, 0.1) is 6.61 Å². The second-order valence-corrected chi connectivity index (χ2v) is 4.79. The Bertz CT molecular complexity index is 373. The van der Waals surface area contributed by atoms with Crippen molar-refractivity contribution in [3.8, 4) is 0 Å². The van der Waals surface area contributed by atoms with Crippen LogP contribution >= 0.6 is 0 Å². The lowest BCUT2D eigenvalue weighted by Gasteiger charge is -2.17. The van der Waals surface area contributed by atoms with Crippen LogP contribution < -0.4 is 5.32 Å². The van der Waals surface area contributed by atoms with Gasteiger partial charge >= 0.3 is 6.09 Å². The standard InChI is InChI=1S/C15H21NO2/c1-2-18-15(17)16-11-10-14(13-8-9-13)12-6-4-3-5-7-12/h3-7,13-14H,2,8-11H2,1H3,(H,16,17). The van der Waals surface area contributed by atoms with E-state index in [4.69, 9.17) is 4.74 Å². The van der Waals surface area contributed by atoms with Crippen LogP contribution in [0, 0.1) is 5.92 Å². The molecule has 1 unspecified atom stereocenters. The molecule has 1 saturated carbocycles. The van der Waals surface area contributed by atoms with Gasteiger partial charge < -0.3 is 10.1 Å². The molecule has 0 aromatic heterocycles. The van der Waals surface area contributed by atoms with Gasteiger partial charge in [-0.2, -0.15) is 0 Å². The molecule has 2 rings (SSSR count). The van der Waals surface area contributed by atoms with Gasteiger partial charge in [0.25, 0.3) is 0 Å². The van der Waals surface area contributed by atoms with Gasteiger partial charge in [0, 0.05) is 6.54 Å². The average Bonchev–Trinajstić information content (AvgIpc) is 3.20. The zero-order valence-corrected chi connectivity index (χ0v) is 10.9. The van der Waals surface area contributed by atoms with Crippen LogP contribution in [0.1, 0.15) is 37.7 Å². The summed E-state index contributed by atoms with van der Waals surface area (Å²) in [6.45, 7) is 2.93. The number of amides is 1. The van der Waals surface area contributed by atoms with Crippen molar-refractivity contribution in [2.24, 2.45) is 5.92 Å². The van der Waals surface area contributed by atoms with Gasteiger partial charge in [-0.05, 0) is 43.6 Å². The van der Waals surface area contributed by atoms with Gasteiger partial charge in [-0.1, -0.05) is 30.3 Å². The first kappa shape index (κ1) is 12.9. The van der Waals surface area contributed by atoms with Gasteiger partial charge in [0.15, 0.2) is 0 Å². The molecule has 3 nitrogen and oxygen atoms in total. The summed E-state index contributed by atoms with van der Waals surface area (Å²) < 4.78 is 4.86. The largest absolute Gasteiger partial charge is 0.450 e. The molecule has 1 N–H and O–H groups in total. The van der Waals surface area contributed by atoms with Crippen LogP contribution in [-0.4, -0.2) is 19.2 Å². The Kier molecular flexibility index (Phi) is 4.62. The predicted molar refractivity (Wildman–Crippen MR) is 71.5 cm³/mol. The zero-order chi connectivity index (χ0) is 12.8. The van der Waals surface area contributed by atoms with Crippen molar-refractivity contribution in [1.82, 2.24) is 5.32 Å². The zero-order valence-electron chi connectivity index (χ0n) is 10.9. The molecule has 98 valence electrons.